The molecule has 9 heteroatoms. The van der Waals surface area contributed by atoms with Crippen molar-refractivity contribution in [3.63, 3.8) is 0 Å². The molecule has 7 aromatic carbocycles. The topological polar surface area (TPSA) is 46.4 Å². The van der Waals surface area contributed by atoms with Crippen LogP contribution >= 0.6 is 0 Å². The van der Waals surface area contributed by atoms with Crippen LogP contribution in [-0.4, -0.2) is 14.5 Å². The molecule has 10 aromatic rings. The number of halogens is 2. The zero-order valence-electron chi connectivity index (χ0n) is 36.5. The Morgan fingerprint density at radius 1 is 0.561 bits per heavy atom. The van der Waals surface area contributed by atoms with Gasteiger partial charge in [-0.05, 0) is 118 Å². The normalized spacial score (nSPS) is 12.4. The second kappa shape index (κ2) is 17.3. The molecule has 3 aromatic heterocycles. The zero-order chi connectivity index (χ0) is 44.3. The molecule has 0 bridgehead atoms. The van der Waals surface area contributed by atoms with Crippen molar-refractivity contribution in [2.24, 2.45) is 0 Å². The van der Waals surface area contributed by atoms with Gasteiger partial charge in [0.2, 0.25) is 0 Å². The molecule has 0 unspecified atom stereocenters. The van der Waals surface area contributed by atoms with E-state index in [1.54, 1.807) is 12.4 Å². The number of rotatable bonds is 9. The minimum atomic E-state index is -0.605. The molecular weight excluding hydrogens is 1000 g/mol. The monoisotopic (exact) mass is 1050 g/mol. The third-order valence-electron chi connectivity index (χ3n) is 12.2. The molecule has 0 radical (unpaired) electrons. The van der Waals surface area contributed by atoms with Crippen LogP contribution in [0.15, 0.2) is 164 Å². The number of aromatic nitrogens is 3. The third kappa shape index (κ3) is 7.69. The standard InChI is InChI=1S/C57H42F2N5O.Pt/c1-35(2)49-29-41(39-25-42(58)31-43(59)26-39)30-50(36(3)4)57(49)63-34-62(53-15-7-8-16-54(53)63)44-27-40(37-18-21-51-38(24-37)12-11-23-60-51)28-46(32-44)65-45-19-20-48-47-13-5-6-14-52(47)64(55(48)33-45)56-17-9-10-22-61-56;/h5-31,34-36H,1-4H3;/q-3;. The van der Waals surface area contributed by atoms with Crippen molar-refractivity contribution in [3.05, 3.63) is 206 Å². The van der Waals surface area contributed by atoms with E-state index < -0.39 is 11.6 Å². The fraction of sp³-hybridized carbons (Fsp3) is 0.105. The van der Waals surface area contributed by atoms with Gasteiger partial charge >= 0.3 is 0 Å². The van der Waals surface area contributed by atoms with Crippen LogP contribution in [0.1, 0.15) is 50.7 Å². The molecule has 0 atom stereocenters. The number of nitrogens with zero attached hydrogens (tertiary/aromatic N) is 5. The summed E-state index contributed by atoms with van der Waals surface area (Å²) in [6.45, 7) is 10.7. The molecule has 0 saturated heterocycles. The zero-order valence-corrected chi connectivity index (χ0v) is 38.8. The Kier molecular flexibility index (Phi) is 11.2. The number of anilines is 4. The molecule has 11 rings (SSSR count). The SMILES string of the molecule is CC(C)c1cc(-c2cc(F)cc(F)c2)cc(C(C)C)c1N1[CH-]N(c2[c-]c(Oc3[c-]c4c(cc3)c3ccccc3n4-c3ccccn3)cc(-c3ccc4ncccc4c3)c2)c2ccccc21.[Pt]. The summed E-state index contributed by atoms with van der Waals surface area (Å²) in [6, 6.07) is 56.2. The largest absolute Gasteiger partial charge is 0.509 e. The molecule has 66 heavy (non-hydrogen) atoms. The Morgan fingerprint density at radius 2 is 1.24 bits per heavy atom. The maximum Gasteiger partial charge on any atom is 0.135 e. The molecule has 0 spiro atoms. The first-order valence-electron chi connectivity index (χ1n) is 21.8. The summed E-state index contributed by atoms with van der Waals surface area (Å²) in [5.74, 6) is 0.796. The van der Waals surface area contributed by atoms with E-state index in [-0.39, 0.29) is 32.9 Å². The summed E-state index contributed by atoms with van der Waals surface area (Å²) in [4.78, 5) is 13.7. The molecule has 1 aliphatic heterocycles. The summed E-state index contributed by atoms with van der Waals surface area (Å²) < 4.78 is 38.1. The quantitative estimate of drug-likeness (QED) is 0.135. The molecule has 0 amide bonds. The number of pyridine rings is 2. The molecular formula is C57H42F2N5OPt-3. The van der Waals surface area contributed by atoms with Crippen molar-refractivity contribution in [1.29, 1.82) is 0 Å². The van der Waals surface area contributed by atoms with Gasteiger partial charge in [-0.15, -0.1) is 53.6 Å². The molecule has 0 saturated carbocycles. The van der Waals surface area contributed by atoms with Crippen molar-refractivity contribution >= 4 is 55.5 Å². The Morgan fingerprint density at radius 3 is 1.98 bits per heavy atom. The number of hydrogen-bond acceptors (Lipinski definition) is 5. The van der Waals surface area contributed by atoms with Crippen LogP contribution in [-0.2, 0) is 21.1 Å². The van der Waals surface area contributed by atoms with Crippen LogP contribution in [0.3, 0.4) is 0 Å². The van der Waals surface area contributed by atoms with Crippen LogP contribution in [0.25, 0.3) is 60.8 Å². The van der Waals surface area contributed by atoms with E-state index in [2.05, 4.69) is 133 Å². The Hall–Kier alpha value is -7.15. The average molecular weight is 1050 g/mol. The number of hydrogen-bond donors (Lipinski definition) is 0. The average Bonchev–Trinajstić information content (AvgIpc) is 3.87. The maximum atomic E-state index is 14.6. The van der Waals surface area contributed by atoms with Crippen molar-refractivity contribution < 1.29 is 34.6 Å². The van der Waals surface area contributed by atoms with Crippen molar-refractivity contribution in [2.45, 2.75) is 39.5 Å². The van der Waals surface area contributed by atoms with Crippen LogP contribution < -0.4 is 14.5 Å². The maximum absolute atomic E-state index is 14.6. The van der Waals surface area contributed by atoms with E-state index in [0.29, 0.717) is 17.1 Å². The molecule has 328 valence electrons. The first-order chi connectivity index (χ1) is 31.7. The number of para-hydroxylation sites is 3. The first-order valence-corrected chi connectivity index (χ1v) is 21.8. The molecule has 1 aliphatic rings. The number of benzene rings is 7. The second-order valence-electron chi connectivity index (χ2n) is 17.1. The Balaban J connectivity index is 0.00000511. The fourth-order valence-electron chi connectivity index (χ4n) is 9.12. The summed E-state index contributed by atoms with van der Waals surface area (Å²) in [6.07, 6.45) is 3.61. The van der Waals surface area contributed by atoms with Gasteiger partial charge in [-0.25, -0.2) is 13.8 Å². The summed E-state index contributed by atoms with van der Waals surface area (Å²) in [5.41, 5.74) is 11.9. The molecule has 0 fully saturated rings. The van der Waals surface area contributed by atoms with Gasteiger partial charge in [-0.1, -0.05) is 81.7 Å². The Labute approximate surface area is 397 Å². The van der Waals surface area contributed by atoms with E-state index in [0.717, 1.165) is 95.2 Å². The third-order valence-corrected chi connectivity index (χ3v) is 12.2. The van der Waals surface area contributed by atoms with Crippen molar-refractivity contribution in [3.8, 4) is 39.6 Å². The molecule has 0 aliphatic carbocycles. The first kappa shape index (κ1) is 42.8. The van der Waals surface area contributed by atoms with E-state index in [1.807, 2.05) is 66.7 Å². The summed E-state index contributed by atoms with van der Waals surface area (Å²) in [7, 11) is 0. The van der Waals surface area contributed by atoms with Crippen molar-refractivity contribution in [1.82, 2.24) is 14.5 Å². The van der Waals surface area contributed by atoms with Crippen LogP contribution in [0.5, 0.6) is 11.5 Å². The van der Waals surface area contributed by atoms with Crippen molar-refractivity contribution in [2.75, 3.05) is 9.80 Å². The van der Waals surface area contributed by atoms with Gasteiger partial charge in [0.15, 0.2) is 0 Å². The number of fused-ring (bicyclic) bond motifs is 5. The predicted molar refractivity (Wildman–Crippen MR) is 258 cm³/mol. The van der Waals surface area contributed by atoms with Gasteiger partial charge in [0, 0.05) is 79.0 Å². The van der Waals surface area contributed by atoms with Gasteiger partial charge < -0.3 is 19.1 Å². The van der Waals surface area contributed by atoms with Crippen LogP contribution in [0.2, 0.25) is 0 Å². The predicted octanol–water partition coefficient (Wildman–Crippen LogP) is 15.4. The van der Waals surface area contributed by atoms with Gasteiger partial charge in [-0.2, -0.15) is 6.07 Å². The van der Waals surface area contributed by atoms with E-state index in [9.17, 15) is 8.78 Å². The van der Waals surface area contributed by atoms with E-state index in [1.165, 1.54) is 12.1 Å². The molecule has 4 heterocycles. The van der Waals surface area contributed by atoms with Gasteiger partial charge in [0.25, 0.3) is 0 Å². The molecule has 0 N–H and O–H groups in total. The summed E-state index contributed by atoms with van der Waals surface area (Å²) >= 11 is 0. The summed E-state index contributed by atoms with van der Waals surface area (Å²) in [5, 5.41) is 3.17. The van der Waals surface area contributed by atoms with Crippen LogP contribution in [0.4, 0.5) is 31.5 Å². The second-order valence-corrected chi connectivity index (χ2v) is 17.1. The van der Waals surface area contributed by atoms with Gasteiger partial charge in [0.05, 0.1) is 5.52 Å². The number of ether oxygens (including phenoxy) is 1. The minimum Gasteiger partial charge on any atom is -0.509 e. The fourth-order valence-corrected chi connectivity index (χ4v) is 9.12. The van der Waals surface area contributed by atoms with Gasteiger partial charge in [0.1, 0.15) is 17.5 Å². The molecule has 6 nitrogen and oxygen atoms in total. The Bertz CT molecular complexity index is 3410. The minimum absolute atomic E-state index is 0. The smallest absolute Gasteiger partial charge is 0.135 e. The van der Waals surface area contributed by atoms with E-state index >= 15 is 0 Å². The van der Waals surface area contributed by atoms with E-state index in [4.69, 9.17) is 9.72 Å². The van der Waals surface area contributed by atoms with Crippen LogP contribution in [0, 0.1) is 30.4 Å². The van der Waals surface area contributed by atoms with Gasteiger partial charge in [-0.3, -0.25) is 4.98 Å².